The van der Waals surface area contributed by atoms with Crippen LogP contribution in [0, 0.1) is 0 Å². The molecule has 0 saturated heterocycles. The number of carboxylic acids is 1. The van der Waals surface area contributed by atoms with Gasteiger partial charge in [-0.1, -0.05) is 6.08 Å². The summed E-state index contributed by atoms with van der Waals surface area (Å²) in [4.78, 5) is 10.1. The lowest BCUT2D eigenvalue weighted by Gasteiger charge is -1.98. The maximum absolute atomic E-state index is 10.1. The molecule has 0 fully saturated rings. The Morgan fingerprint density at radius 1 is 1.60 bits per heavy atom. The zero-order chi connectivity index (χ0) is 8.15. The Hall–Kier alpha value is -1.45. The zero-order valence-electron chi connectivity index (χ0n) is 5.50. The van der Waals surface area contributed by atoms with Crippen molar-refractivity contribution in [1.29, 1.82) is 0 Å². The summed E-state index contributed by atoms with van der Waals surface area (Å²) in [5, 5.41) is 8.28. The van der Waals surface area contributed by atoms with Crippen LogP contribution in [0.1, 0.15) is 6.42 Å². The predicted octanol–water partition coefficient (Wildman–Crippen LogP) is -0.224. The molecule has 0 aliphatic carbocycles. The molecule has 0 spiro atoms. The molecule has 0 rings (SSSR count). The molecule has 0 aromatic rings. The minimum absolute atomic E-state index is 0.141. The normalized spacial score (nSPS) is 12.0. The van der Waals surface area contributed by atoms with E-state index < -0.39 is 5.97 Å². The van der Waals surface area contributed by atoms with Gasteiger partial charge in [0, 0.05) is 12.1 Å². The fraction of sp³-hybridized carbons (Fsp3) is 0.167. The van der Waals surface area contributed by atoms with Crippen LogP contribution in [0.3, 0.4) is 0 Å². The Morgan fingerprint density at radius 2 is 2.10 bits per heavy atom. The van der Waals surface area contributed by atoms with Crippen LogP contribution in [0.25, 0.3) is 0 Å². The molecule has 0 saturated carbocycles. The monoisotopic (exact) mass is 142 g/mol. The van der Waals surface area contributed by atoms with Gasteiger partial charge in [-0.05, 0) is 0 Å². The fourth-order valence-corrected chi connectivity index (χ4v) is 0.403. The first-order valence-corrected chi connectivity index (χ1v) is 2.68. The topological polar surface area (TPSA) is 89.3 Å². The van der Waals surface area contributed by atoms with E-state index in [0.717, 1.165) is 0 Å². The number of hydrogen-bond donors (Lipinski definition) is 3. The molecule has 4 heteroatoms. The second-order valence-corrected chi connectivity index (χ2v) is 1.74. The number of carbonyl (C=O) groups is 1. The fourth-order valence-electron chi connectivity index (χ4n) is 0.403. The standard InChI is InChI=1S/C6H10N2O2/c1-2-3-4(7)5(8)6(9)10/h2H,1,3,7-8H2,(H,9,10)/b5-4-. The van der Waals surface area contributed by atoms with Gasteiger partial charge in [-0.3, -0.25) is 0 Å². The Morgan fingerprint density at radius 3 is 2.40 bits per heavy atom. The first-order chi connectivity index (χ1) is 4.59. The first-order valence-electron chi connectivity index (χ1n) is 2.68. The molecular weight excluding hydrogens is 132 g/mol. The summed E-state index contributed by atoms with van der Waals surface area (Å²) in [6.45, 7) is 3.38. The third-order valence-corrected chi connectivity index (χ3v) is 0.941. The van der Waals surface area contributed by atoms with E-state index in [1.165, 1.54) is 6.08 Å². The summed E-state index contributed by atoms with van der Waals surface area (Å²) in [5.74, 6) is -1.20. The Bertz CT molecular complexity index is 184. The van der Waals surface area contributed by atoms with Gasteiger partial charge in [-0.15, -0.1) is 6.58 Å². The SMILES string of the molecule is C=CC/C(N)=C(/N)C(=O)O. The lowest BCUT2D eigenvalue weighted by atomic mass is 10.2. The van der Waals surface area contributed by atoms with Crippen molar-refractivity contribution >= 4 is 5.97 Å². The highest BCUT2D eigenvalue weighted by atomic mass is 16.4. The first kappa shape index (κ1) is 8.55. The van der Waals surface area contributed by atoms with Crippen molar-refractivity contribution < 1.29 is 9.90 Å². The van der Waals surface area contributed by atoms with Crippen LogP contribution in [0.5, 0.6) is 0 Å². The van der Waals surface area contributed by atoms with Gasteiger partial charge >= 0.3 is 5.97 Å². The lowest BCUT2D eigenvalue weighted by molar-refractivity contribution is -0.132. The van der Waals surface area contributed by atoms with Crippen LogP contribution < -0.4 is 11.5 Å². The van der Waals surface area contributed by atoms with E-state index in [4.69, 9.17) is 16.6 Å². The smallest absolute Gasteiger partial charge is 0.353 e. The highest BCUT2D eigenvalue weighted by Gasteiger charge is 2.04. The van der Waals surface area contributed by atoms with Crippen LogP contribution in [-0.2, 0) is 4.79 Å². The summed E-state index contributed by atoms with van der Waals surface area (Å²) in [5.41, 5.74) is 10.1. The van der Waals surface area contributed by atoms with Gasteiger partial charge < -0.3 is 16.6 Å². The van der Waals surface area contributed by atoms with E-state index >= 15 is 0 Å². The van der Waals surface area contributed by atoms with Crippen LogP contribution in [0.4, 0.5) is 0 Å². The second kappa shape index (κ2) is 3.55. The summed E-state index contributed by atoms with van der Waals surface area (Å²) in [7, 11) is 0. The molecule has 0 aliphatic rings. The Labute approximate surface area is 58.8 Å². The van der Waals surface area contributed by atoms with Crippen LogP contribution >= 0.6 is 0 Å². The Balaban J connectivity index is 4.33. The van der Waals surface area contributed by atoms with Gasteiger partial charge in [0.1, 0.15) is 5.70 Å². The van der Waals surface area contributed by atoms with E-state index in [9.17, 15) is 4.79 Å². The van der Waals surface area contributed by atoms with Gasteiger partial charge in [0.2, 0.25) is 0 Å². The average molecular weight is 142 g/mol. The van der Waals surface area contributed by atoms with Crippen LogP contribution in [0.2, 0.25) is 0 Å². The molecule has 0 aromatic carbocycles. The van der Waals surface area contributed by atoms with Crippen molar-refractivity contribution in [1.82, 2.24) is 0 Å². The maximum atomic E-state index is 10.1. The maximum Gasteiger partial charge on any atom is 0.353 e. The molecule has 5 N–H and O–H groups in total. The minimum Gasteiger partial charge on any atom is -0.477 e. The van der Waals surface area contributed by atoms with Gasteiger partial charge in [-0.2, -0.15) is 0 Å². The quantitative estimate of drug-likeness (QED) is 0.375. The Kier molecular flexibility index (Phi) is 3.04. The van der Waals surface area contributed by atoms with Crippen molar-refractivity contribution in [3.63, 3.8) is 0 Å². The number of nitrogens with two attached hydrogens (primary N) is 2. The van der Waals surface area contributed by atoms with E-state index in [-0.39, 0.29) is 11.4 Å². The highest BCUT2D eigenvalue weighted by Crippen LogP contribution is 1.96. The molecule has 0 bridgehead atoms. The molecule has 0 atom stereocenters. The highest BCUT2D eigenvalue weighted by molar-refractivity contribution is 5.86. The van der Waals surface area contributed by atoms with Gasteiger partial charge in [0.15, 0.2) is 0 Å². The second-order valence-electron chi connectivity index (χ2n) is 1.74. The summed E-state index contributed by atoms with van der Waals surface area (Å²) >= 11 is 0. The zero-order valence-corrected chi connectivity index (χ0v) is 5.50. The van der Waals surface area contributed by atoms with Crippen LogP contribution in [-0.4, -0.2) is 11.1 Å². The van der Waals surface area contributed by atoms with Gasteiger partial charge in [0.25, 0.3) is 0 Å². The summed E-state index contributed by atoms with van der Waals surface area (Å²) in [6, 6.07) is 0. The summed E-state index contributed by atoms with van der Waals surface area (Å²) in [6.07, 6.45) is 1.79. The number of allylic oxidation sites excluding steroid dienone is 1. The number of carboxylic acid groups (broad SMARTS) is 1. The molecule has 56 valence electrons. The molecule has 10 heavy (non-hydrogen) atoms. The number of aliphatic carboxylic acids is 1. The molecule has 0 unspecified atom stereocenters. The summed E-state index contributed by atoms with van der Waals surface area (Å²) < 4.78 is 0. The number of rotatable bonds is 3. The molecule has 0 aromatic heterocycles. The van der Waals surface area contributed by atoms with E-state index in [2.05, 4.69) is 6.58 Å². The minimum atomic E-state index is -1.20. The van der Waals surface area contributed by atoms with Crippen molar-refractivity contribution in [3.05, 3.63) is 24.0 Å². The van der Waals surface area contributed by atoms with Gasteiger partial charge in [0.05, 0.1) is 0 Å². The average Bonchev–Trinajstić information content (AvgIpc) is 1.87. The lowest BCUT2D eigenvalue weighted by Crippen LogP contribution is -2.17. The molecule has 0 aliphatic heterocycles. The van der Waals surface area contributed by atoms with Crippen molar-refractivity contribution in [3.8, 4) is 0 Å². The van der Waals surface area contributed by atoms with E-state index in [1.54, 1.807) is 0 Å². The van der Waals surface area contributed by atoms with Crippen molar-refractivity contribution in [2.75, 3.05) is 0 Å². The third-order valence-electron chi connectivity index (χ3n) is 0.941. The largest absolute Gasteiger partial charge is 0.477 e. The van der Waals surface area contributed by atoms with Crippen LogP contribution in [0.15, 0.2) is 24.0 Å². The van der Waals surface area contributed by atoms with E-state index in [0.29, 0.717) is 6.42 Å². The predicted molar refractivity (Wildman–Crippen MR) is 37.9 cm³/mol. The van der Waals surface area contributed by atoms with Crippen molar-refractivity contribution in [2.24, 2.45) is 11.5 Å². The molecular formula is C6H10N2O2. The third kappa shape index (κ3) is 2.21. The van der Waals surface area contributed by atoms with Crippen molar-refractivity contribution in [2.45, 2.75) is 6.42 Å². The molecule has 4 nitrogen and oxygen atoms in total. The number of hydrogen-bond acceptors (Lipinski definition) is 3. The molecule has 0 radical (unpaired) electrons. The van der Waals surface area contributed by atoms with E-state index in [1.807, 2.05) is 0 Å². The molecule has 0 amide bonds. The van der Waals surface area contributed by atoms with Gasteiger partial charge in [-0.25, -0.2) is 4.79 Å². The molecule has 0 heterocycles.